The van der Waals surface area contributed by atoms with E-state index in [2.05, 4.69) is 0 Å². The molecule has 10 heavy (non-hydrogen) atoms. The van der Waals surface area contributed by atoms with E-state index >= 15 is 0 Å². The minimum atomic E-state index is -5.61. The van der Waals surface area contributed by atoms with Gasteiger partial charge in [-0.2, -0.15) is 0 Å². The van der Waals surface area contributed by atoms with E-state index < -0.39 is 9.05 Å². The average Bonchev–Trinajstić information content (AvgIpc) is 0.722. The van der Waals surface area contributed by atoms with Gasteiger partial charge in [0, 0.05) is 0 Å². The summed E-state index contributed by atoms with van der Waals surface area (Å²) < 4.78 is 0. The molecule has 0 saturated heterocycles. The molecule has 4 nitrogen and oxygen atoms in total. The van der Waals surface area contributed by atoms with Crippen LogP contribution in [0.4, 0.5) is 4.70 Å². The quantitative estimate of drug-likeness (QED) is 0.366. The second kappa shape index (κ2) is 18.7. The summed E-state index contributed by atoms with van der Waals surface area (Å²) in [6.07, 6.45) is 0. The first-order chi connectivity index (χ1) is 2.00. The molecule has 0 spiro atoms. The van der Waals surface area contributed by atoms with Crippen molar-refractivity contribution in [2.75, 3.05) is 0 Å². The van der Waals surface area contributed by atoms with Gasteiger partial charge in [-0.1, -0.05) is 0 Å². The number of rotatable bonds is 0. The molecule has 0 aromatic heterocycles. The standard InChI is InChI=1S/FH.4Na.O4Si/c;;;;;1-5(2,3)4/h1H;;;;;/q;4*+1;-4. The number of hydrogen-bond acceptors (Lipinski definition) is 4. The Balaban J connectivity index is -0.00000000800. The van der Waals surface area contributed by atoms with Gasteiger partial charge in [0.05, 0.1) is 0 Å². The predicted molar refractivity (Wildman–Crippen MR) is 8.26 cm³/mol. The van der Waals surface area contributed by atoms with Crippen molar-refractivity contribution in [2.24, 2.45) is 0 Å². The van der Waals surface area contributed by atoms with Crippen molar-refractivity contribution >= 4 is 9.05 Å². The molecule has 0 saturated carbocycles. The topological polar surface area (TPSA) is 92.2 Å². The fraction of sp³-hybridized carbons (Fsp3) is 0. The maximum atomic E-state index is 8.58. The van der Waals surface area contributed by atoms with Crippen LogP contribution in [0, 0.1) is 0 Å². The molecule has 0 aromatic carbocycles. The Bertz CT molecular complexity index is 32.7. The van der Waals surface area contributed by atoms with Crippen LogP contribution in [0.3, 0.4) is 0 Å². The van der Waals surface area contributed by atoms with Crippen molar-refractivity contribution in [2.45, 2.75) is 0 Å². The van der Waals surface area contributed by atoms with Gasteiger partial charge in [-0.15, -0.1) is 0 Å². The molecule has 0 aliphatic rings. The van der Waals surface area contributed by atoms with Crippen molar-refractivity contribution < 1.29 is 142 Å². The third kappa shape index (κ3) is 91.0. The van der Waals surface area contributed by atoms with Crippen LogP contribution in [0.25, 0.3) is 0 Å². The Kier molecular flexibility index (Phi) is 69.2. The van der Waals surface area contributed by atoms with Gasteiger partial charge in [-0.3, -0.25) is 4.70 Å². The van der Waals surface area contributed by atoms with Crippen LogP contribution in [-0.2, 0) is 0 Å². The summed E-state index contributed by atoms with van der Waals surface area (Å²) in [6.45, 7) is 0. The zero-order valence-electron chi connectivity index (χ0n) is 6.54. The molecule has 0 aliphatic heterocycles. The van der Waals surface area contributed by atoms with Crippen LogP contribution >= 0.6 is 0 Å². The smallest absolute Gasteiger partial charge is 0.894 e. The maximum Gasteiger partial charge on any atom is 1.00 e. The van der Waals surface area contributed by atoms with Gasteiger partial charge in [-0.05, 0) is 0 Å². The van der Waals surface area contributed by atoms with Crippen LogP contribution in [0.2, 0.25) is 0 Å². The number of halogens is 1. The van der Waals surface area contributed by atoms with Gasteiger partial charge in [0.15, 0.2) is 0 Å². The van der Waals surface area contributed by atoms with E-state index in [0.29, 0.717) is 0 Å². The van der Waals surface area contributed by atoms with E-state index in [9.17, 15) is 0 Å². The largest absolute Gasteiger partial charge is 1.00 e. The second-order valence-corrected chi connectivity index (χ2v) is 1.50. The third-order valence-corrected chi connectivity index (χ3v) is 0. The molecular formula is HFNa4O4Si. The molecule has 0 radical (unpaired) electrons. The summed E-state index contributed by atoms with van der Waals surface area (Å²) >= 11 is 0. The molecule has 0 atom stereocenters. The normalized spacial score (nSPS) is 6.00. The molecule has 0 N–H and O–H groups in total. The van der Waals surface area contributed by atoms with E-state index in [1.165, 1.54) is 0 Å². The molecule has 0 heterocycles. The van der Waals surface area contributed by atoms with E-state index in [4.69, 9.17) is 19.2 Å². The molecule has 0 aromatic rings. The Morgan fingerprint density at radius 3 is 0.600 bits per heavy atom. The molecule has 0 bridgehead atoms. The molecular weight excluding hydrogens is 203 g/mol. The first-order valence-electron chi connectivity index (χ1n) is 0.816. The molecule has 0 rings (SSSR count). The van der Waals surface area contributed by atoms with Gasteiger partial charge in [0.2, 0.25) is 0 Å². The Morgan fingerprint density at radius 2 is 0.600 bits per heavy atom. The third-order valence-electron chi connectivity index (χ3n) is 0. The fourth-order valence-electron chi connectivity index (χ4n) is 0. The molecule has 0 amide bonds. The summed E-state index contributed by atoms with van der Waals surface area (Å²) in [7, 11) is -5.61. The maximum absolute atomic E-state index is 8.58. The van der Waals surface area contributed by atoms with E-state index in [1.807, 2.05) is 0 Å². The minimum absolute atomic E-state index is 0. The molecule has 0 unspecified atom stereocenters. The van der Waals surface area contributed by atoms with Crippen molar-refractivity contribution in [3.63, 3.8) is 0 Å². The first kappa shape index (κ1) is 37.0. The summed E-state index contributed by atoms with van der Waals surface area (Å²) in [5.41, 5.74) is 0. The Hall–Kier alpha value is 3.99. The second-order valence-electron chi connectivity index (χ2n) is 0.500. The van der Waals surface area contributed by atoms with Crippen LogP contribution in [0.5, 0.6) is 0 Å². The SMILES string of the molecule is F.[Na+].[Na+].[Na+].[Na+].[O-][Si]([O-])([O-])[O-]. The van der Waals surface area contributed by atoms with Crippen molar-refractivity contribution in [3.8, 4) is 0 Å². The fourth-order valence-corrected chi connectivity index (χ4v) is 0. The monoisotopic (exact) mass is 204 g/mol. The average molecular weight is 204 g/mol. The van der Waals surface area contributed by atoms with E-state index in [1.54, 1.807) is 0 Å². The summed E-state index contributed by atoms with van der Waals surface area (Å²) in [4.78, 5) is 34.3. The van der Waals surface area contributed by atoms with Gasteiger partial charge >= 0.3 is 118 Å². The Morgan fingerprint density at radius 1 is 0.600 bits per heavy atom. The first-order valence-corrected chi connectivity index (χ1v) is 2.45. The van der Waals surface area contributed by atoms with Gasteiger partial charge in [0.1, 0.15) is 0 Å². The van der Waals surface area contributed by atoms with E-state index in [0.717, 1.165) is 0 Å². The van der Waals surface area contributed by atoms with Gasteiger partial charge < -0.3 is 28.2 Å². The van der Waals surface area contributed by atoms with Crippen LogP contribution in [-0.4, -0.2) is 9.05 Å². The molecule has 0 aliphatic carbocycles. The zero-order chi connectivity index (χ0) is 4.50. The molecule has 40 valence electrons. The van der Waals surface area contributed by atoms with Crippen LogP contribution < -0.4 is 137 Å². The number of hydrogen-bond donors (Lipinski definition) is 0. The van der Waals surface area contributed by atoms with Crippen LogP contribution in [0.1, 0.15) is 0 Å². The van der Waals surface area contributed by atoms with Gasteiger partial charge in [-0.25, -0.2) is 0 Å². The van der Waals surface area contributed by atoms with E-state index in [-0.39, 0.29) is 123 Å². The molecule has 10 heteroatoms. The van der Waals surface area contributed by atoms with Crippen molar-refractivity contribution in [1.82, 2.24) is 0 Å². The van der Waals surface area contributed by atoms with Crippen molar-refractivity contribution in [3.05, 3.63) is 0 Å². The summed E-state index contributed by atoms with van der Waals surface area (Å²) in [5, 5.41) is 0. The Labute approximate surface area is 148 Å². The van der Waals surface area contributed by atoms with Gasteiger partial charge in [0.25, 0.3) is 0 Å². The minimum Gasteiger partial charge on any atom is -0.894 e. The predicted octanol–water partition coefficient (Wildman–Crippen LogP) is -17.0. The molecule has 0 fully saturated rings. The van der Waals surface area contributed by atoms with Crippen LogP contribution in [0.15, 0.2) is 0 Å². The summed E-state index contributed by atoms with van der Waals surface area (Å²) in [6, 6.07) is 0. The zero-order valence-corrected chi connectivity index (χ0v) is 15.5. The van der Waals surface area contributed by atoms with Crippen molar-refractivity contribution in [1.29, 1.82) is 0 Å². The summed E-state index contributed by atoms with van der Waals surface area (Å²) in [5.74, 6) is 0.